The SMILES string of the molecule is O=C(NCCc1ccc(-n2cccn2)cc1)c1ccc(Cl)c(S(=O)(=O)N2CCCC2)c1. The number of carbonyl (C=O) groups excluding carboxylic acids is 1. The van der Waals surface area contributed by atoms with Crippen LogP contribution in [0, 0.1) is 0 Å². The lowest BCUT2D eigenvalue weighted by molar-refractivity contribution is 0.0954. The number of hydrogen-bond acceptors (Lipinski definition) is 4. The van der Waals surface area contributed by atoms with Crippen molar-refractivity contribution in [3.8, 4) is 5.69 Å². The lowest BCUT2D eigenvalue weighted by Gasteiger charge is -2.17. The third-order valence-corrected chi connectivity index (χ3v) is 7.66. The van der Waals surface area contributed by atoms with Crippen LogP contribution in [0.2, 0.25) is 5.02 Å². The Kier molecular flexibility index (Phi) is 6.41. The van der Waals surface area contributed by atoms with Crippen LogP contribution in [0.15, 0.2) is 65.8 Å². The zero-order chi connectivity index (χ0) is 21.8. The van der Waals surface area contributed by atoms with E-state index in [0.29, 0.717) is 26.1 Å². The normalized spacial score (nSPS) is 14.6. The monoisotopic (exact) mass is 458 g/mol. The zero-order valence-corrected chi connectivity index (χ0v) is 18.4. The minimum atomic E-state index is -3.70. The standard InChI is InChI=1S/C22H23ClN4O3S/c23-20-9-6-18(16-21(20)31(29,30)26-13-1-2-14-26)22(28)24-12-10-17-4-7-19(8-5-17)27-15-3-11-25-27/h3-9,11,15-16H,1-2,10,12-14H2,(H,24,28). The van der Waals surface area contributed by atoms with Crippen LogP contribution in [0.3, 0.4) is 0 Å². The number of carbonyl (C=O) groups is 1. The first-order valence-corrected chi connectivity index (χ1v) is 11.9. The van der Waals surface area contributed by atoms with E-state index >= 15 is 0 Å². The minimum Gasteiger partial charge on any atom is -0.352 e. The molecule has 0 unspecified atom stereocenters. The van der Waals surface area contributed by atoms with Gasteiger partial charge in [-0.15, -0.1) is 0 Å². The Morgan fingerprint density at radius 2 is 1.84 bits per heavy atom. The molecule has 0 aliphatic carbocycles. The maximum absolute atomic E-state index is 12.8. The summed E-state index contributed by atoms with van der Waals surface area (Å²) < 4.78 is 28.9. The molecule has 1 aliphatic heterocycles. The molecule has 1 aromatic heterocycles. The summed E-state index contributed by atoms with van der Waals surface area (Å²) in [6, 6.07) is 14.2. The van der Waals surface area contributed by atoms with Crippen molar-refractivity contribution in [1.82, 2.24) is 19.4 Å². The summed E-state index contributed by atoms with van der Waals surface area (Å²) >= 11 is 6.15. The quantitative estimate of drug-likeness (QED) is 0.588. The van der Waals surface area contributed by atoms with Gasteiger partial charge >= 0.3 is 0 Å². The maximum atomic E-state index is 12.8. The summed E-state index contributed by atoms with van der Waals surface area (Å²) in [5.74, 6) is -0.331. The summed E-state index contributed by atoms with van der Waals surface area (Å²) in [4.78, 5) is 12.6. The maximum Gasteiger partial charge on any atom is 0.251 e. The number of sulfonamides is 1. The van der Waals surface area contributed by atoms with Gasteiger partial charge in [-0.1, -0.05) is 23.7 Å². The molecule has 0 radical (unpaired) electrons. The third-order valence-electron chi connectivity index (χ3n) is 5.28. The summed E-state index contributed by atoms with van der Waals surface area (Å²) in [6.07, 6.45) is 5.92. The number of amides is 1. The van der Waals surface area contributed by atoms with Crippen LogP contribution in [-0.2, 0) is 16.4 Å². The van der Waals surface area contributed by atoms with Crippen molar-refractivity contribution in [1.29, 1.82) is 0 Å². The Hall–Kier alpha value is -2.68. The molecule has 1 fully saturated rings. The Balaban J connectivity index is 1.39. The molecule has 3 aromatic rings. The number of benzene rings is 2. The highest BCUT2D eigenvalue weighted by molar-refractivity contribution is 7.89. The molecule has 0 spiro atoms. The van der Waals surface area contributed by atoms with Crippen LogP contribution in [0.25, 0.3) is 5.69 Å². The minimum absolute atomic E-state index is 0.0158. The van der Waals surface area contributed by atoms with Crippen molar-refractivity contribution >= 4 is 27.5 Å². The summed E-state index contributed by atoms with van der Waals surface area (Å²) in [7, 11) is -3.70. The van der Waals surface area contributed by atoms with E-state index in [0.717, 1.165) is 24.1 Å². The molecule has 1 aliphatic rings. The fourth-order valence-corrected chi connectivity index (χ4v) is 5.59. The molecule has 0 bridgehead atoms. The van der Waals surface area contributed by atoms with E-state index in [-0.39, 0.29) is 21.4 Å². The largest absolute Gasteiger partial charge is 0.352 e. The topological polar surface area (TPSA) is 84.3 Å². The van der Waals surface area contributed by atoms with Gasteiger partial charge in [0.25, 0.3) is 5.91 Å². The molecule has 0 atom stereocenters. The molecule has 4 rings (SSSR count). The predicted molar refractivity (Wildman–Crippen MR) is 119 cm³/mol. The van der Waals surface area contributed by atoms with Crippen LogP contribution in [0.5, 0.6) is 0 Å². The Labute approximate surface area is 186 Å². The van der Waals surface area contributed by atoms with Gasteiger partial charge < -0.3 is 5.32 Å². The van der Waals surface area contributed by atoms with E-state index in [2.05, 4.69) is 10.4 Å². The molecule has 0 saturated carbocycles. The second-order valence-electron chi connectivity index (χ2n) is 7.38. The molecule has 162 valence electrons. The van der Waals surface area contributed by atoms with Gasteiger partial charge in [0.1, 0.15) is 4.90 Å². The van der Waals surface area contributed by atoms with Gasteiger partial charge in [-0.2, -0.15) is 9.40 Å². The smallest absolute Gasteiger partial charge is 0.251 e. The summed E-state index contributed by atoms with van der Waals surface area (Å²) in [5, 5.41) is 7.17. The molecular weight excluding hydrogens is 436 g/mol. The Morgan fingerprint density at radius 3 is 2.52 bits per heavy atom. The highest BCUT2D eigenvalue weighted by Crippen LogP contribution is 2.28. The van der Waals surface area contributed by atoms with Crippen LogP contribution >= 0.6 is 11.6 Å². The average molecular weight is 459 g/mol. The van der Waals surface area contributed by atoms with E-state index in [1.165, 1.54) is 16.4 Å². The van der Waals surface area contributed by atoms with E-state index in [1.54, 1.807) is 16.9 Å². The van der Waals surface area contributed by atoms with Gasteiger partial charge in [-0.25, -0.2) is 13.1 Å². The van der Waals surface area contributed by atoms with E-state index in [1.807, 2.05) is 36.5 Å². The van der Waals surface area contributed by atoms with Gasteiger partial charge in [0.2, 0.25) is 10.0 Å². The molecule has 2 heterocycles. The van der Waals surface area contributed by atoms with Crippen molar-refractivity contribution in [3.63, 3.8) is 0 Å². The molecule has 2 aromatic carbocycles. The van der Waals surface area contributed by atoms with Crippen molar-refractivity contribution in [2.45, 2.75) is 24.2 Å². The highest BCUT2D eigenvalue weighted by Gasteiger charge is 2.29. The van der Waals surface area contributed by atoms with Crippen LogP contribution in [0.1, 0.15) is 28.8 Å². The van der Waals surface area contributed by atoms with Crippen LogP contribution in [-0.4, -0.2) is 48.0 Å². The number of aromatic nitrogens is 2. The van der Waals surface area contributed by atoms with Gasteiger partial charge in [0.05, 0.1) is 10.7 Å². The molecule has 1 amide bonds. The highest BCUT2D eigenvalue weighted by atomic mass is 35.5. The van der Waals surface area contributed by atoms with E-state index in [9.17, 15) is 13.2 Å². The molecule has 31 heavy (non-hydrogen) atoms. The molecule has 9 heteroatoms. The first-order valence-electron chi connectivity index (χ1n) is 10.1. The molecule has 1 N–H and O–H groups in total. The fraction of sp³-hybridized carbons (Fsp3) is 0.273. The second-order valence-corrected chi connectivity index (χ2v) is 9.69. The molecule has 7 nitrogen and oxygen atoms in total. The number of nitrogens with one attached hydrogen (secondary N) is 1. The van der Waals surface area contributed by atoms with Crippen molar-refractivity contribution in [2.75, 3.05) is 19.6 Å². The van der Waals surface area contributed by atoms with E-state index < -0.39 is 10.0 Å². The van der Waals surface area contributed by atoms with Gasteiger partial charge in [-0.05, 0) is 61.2 Å². The first kappa shape index (κ1) is 21.5. The fourth-order valence-electron chi connectivity index (χ4n) is 3.57. The lowest BCUT2D eigenvalue weighted by Crippen LogP contribution is -2.29. The third kappa shape index (κ3) is 4.81. The van der Waals surface area contributed by atoms with Crippen molar-refractivity contribution in [2.24, 2.45) is 0 Å². The van der Waals surface area contributed by atoms with Crippen LogP contribution < -0.4 is 5.32 Å². The van der Waals surface area contributed by atoms with E-state index in [4.69, 9.17) is 11.6 Å². The lowest BCUT2D eigenvalue weighted by atomic mass is 10.1. The summed E-state index contributed by atoms with van der Waals surface area (Å²) in [6.45, 7) is 1.39. The number of rotatable bonds is 7. The molecular formula is C22H23ClN4O3S. The van der Waals surface area contributed by atoms with Crippen molar-refractivity contribution < 1.29 is 13.2 Å². The summed E-state index contributed by atoms with van der Waals surface area (Å²) in [5.41, 5.74) is 2.31. The van der Waals surface area contributed by atoms with Gasteiger partial charge in [0.15, 0.2) is 0 Å². The second kappa shape index (κ2) is 9.21. The van der Waals surface area contributed by atoms with Crippen LogP contribution in [0.4, 0.5) is 0 Å². The predicted octanol–water partition coefficient (Wildman–Crippen LogP) is 3.28. The Morgan fingerprint density at radius 1 is 1.10 bits per heavy atom. The van der Waals surface area contributed by atoms with Gasteiger partial charge in [0, 0.05) is 37.6 Å². The van der Waals surface area contributed by atoms with Gasteiger partial charge in [-0.3, -0.25) is 4.79 Å². The zero-order valence-electron chi connectivity index (χ0n) is 16.9. The van der Waals surface area contributed by atoms with Crippen molar-refractivity contribution in [3.05, 3.63) is 77.1 Å². The first-order chi connectivity index (χ1) is 14.9. The number of hydrogen-bond donors (Lipinski definition) is 1. The number of halogens is 1. The average Bonchev–Trinajstić information content (AvgIpc) is 3.49. The molecule has 1 saturated heterocycles. The number of nitrogens with zero attached hydrogens (tertiary/aromatic N) is 3. The Bertz CT molecular complexity index is 1160.